The number of rotatable bonds is 3. The lowest BCUT2D eigenvalue weighted by Gasteiger charge is -2.07. The van der Waals surface area contributed by atoms with Gasteiger partial charge in [0.15, 0.2) is 5.76 Å². The van der Waals surface area contributed by atoms with E-state index in [2.05, 4.69) is 10.1 Å². The minimum atomic E-state index is -0.316. The molecule has 2 aromatic heterocycles. The van der Waals surface area contributed by atoms with E-state index in [-0.39, 0.29) is 11.3 Å². The maximum Gasteiger partial charge on any atom is 0.282 e. The molecule has 0 radical (unpaired) electrons. The molecule has 4 rings (SSSR count). The summed E-state index contributed by atoms with van der Waals surface area (Å²) < 4.78 is 6.57. The summed E-state index contributed by atoms with van der Waals surface area (Å²) in [4.78, 5) is 17.4. The summed E-state index contributed by atoms with van der Waals surface area (Å²) in [6.07, 6.45) is 2.92. The van der Waals surface area contributed by atoms with Crippen LogP contribution in [0.2, 0.25) is 0 Å². The van der Waals surface area contributed by atoms with Crippen LogP contribution in [0.3, 0.4) is 0 Å². The third-order valence-electron chi connectivity index (χ3n) is 3.74. The van der Waals surface area contributed by atoms with Crippen molar-refractivity contribution in [2.75, 3.05) is 0 Å². The normalized spacial score (nSPS) is 11.4. The number of hydrogen-bond acceptors (Lipinski definition) is 5. The quantitative estimate of drug-likeness (QED) is 0.584. The fraction of sp³-hybridized carbons (Fsp3) is 0. The Morgan fingerprint density at radius 3 is 2.64 bits per heavy atom. The Morgan fingerprint density at radius 1 is 1.04 bits per heavy atom. The number of para-hydroxylation sites is 2. The van der Waals surface area contributed by atoms with Gasteiger partial charge in [-0.1, -0.05) is 24.3 Å². The number of hydrogen-bond donors (Lipinski definition) is 1. The predicted octanol–water partition coefficient (Wildman–Crippen LogP) is 3.24. The van der Waals surface area contributed by atoms with Gasteiger partial charge in [0.05, 0.1) is 23.4 Å². The molecule has 2 heterocycles. The number of aromatic nitrogens is 2. The van der Waals surface area contributed by atoms with Gasteiger partial charge in [-0.2, -0.15) is 9.78 Å². The summed E-state index contributed by atoms with van der Waals surface area (Å²) in [6, 6.07) is 17.2. The van der Waals surface area contributed by atoms with Crippen LogP contribution in [0.25, 0.3) is 22.5 Å². The summed E-state index contributed by atoms with van der Waals surface area (Å²) in [5, 5.41) is 14.6. The number of aromatic hydroxyl groups is 1. The van der Waals surface area contributed by atoms with E-state index < -0.39 is 0 Å². The Morgan fingerprint density at radius 2 is 1.84 bits per heavy atom. The molecule has 0 bridgehead atoms. The summed E-state index contributed by atoms with van der Waals surface area (Å²) in [5.74, 6) is 0.797. The van der Waals surface area contributed by atoms with Crippen molar-refractivity contribution in [3.05, 3.63) is 82.8 Å². The molecular formula is C19H13N3O3. The van der Waals surface area contributed by atoms with Gasteiger partial charge < -0.3 is 9.52 Å². The van der Waals surface area contributed by atoms with Crippen molar-refractivity contribution in [3.8, 4) is 17.3 Å². The molecule has 0 unspecified atom stereocenters. The smallest absolute Gasteiger partial charge is 0.282 e. The van der Waals surface area contributed by atoms with Gasteiger partial charge in [-0.3, -0.25) is 4.79 Å². The number of nitrogens with zero attached hydrogens (tertiary/aromatic N) is 3. The maximum atomic E-state index is 12.9. The largest absolute Gasteiger partial charge is 0.507 e. The van der Waals surface area contributed by atoms with Crippen molar-refractivity contribution in [1.29, 1.82) is 0 Å². The molecule has 0 aliphatic carbocycles. The van der Waals surface area contributed by atoms with Crippen LogP contribution in [0.15, 0.2) is 81.2 Å². The number of benzene rings is 2. The van der Waals surface area contributed by atoms with Crippen molar-refractivity contribution >= 4 is 17.1 Å². The lowest BCUT2D eigenvalue weighted by molar-refractivity contribution is 0.474. The molecule has 0 aliphatic rings. The molecule has 0 saturated heterocycles. The van der Waals surface area contributed by atoms with Crippen molar-refractivity contribution in [2.24, 2.45) is 5.10 Å². The van der Waals surface area contributed by atoms with E-state index in [1.807, 2.05) is 6.07 Å². The minimum absolute atomic E-state index is 0.0765. The first-order valence-electron chi connectivity index (χ1n) is 7.62. The Labute approximate surface area is 142 Å². The Bertz CT molecular complexity index is 1130. The lowest BCUT2D eigenvalue weighted by atomic mass is 10.2. The van der Waals surface area contributed by atoms with E-state index in [1.165, 1.54) is 17.2 Å². The van der Waals surface area contributed by atoms with E-state index in [0.717, 1.165) is 0 Å². The molecule has 0 aliphatic heterocycles. The average Bonchev–Trinajstić information content (AvgIpc) is 3.17. The van der Waals surface area contributed by atoms with E-state index >= 15 is 0 Å². The van der Waals surface area contributed by atoms with Gasteiger partial charge in [0.25, 0.3) is 5.56 Å². The number of phenolic OH excluding ortho intramolecular Hbond substituents is 1. The third kappa shape index (κ3) is 2.70. The Hall–Kier alpha value is -3.67. The number of furan rings is 1. The molecule has 6 heteroatoms. The maximum absolute atomic E-state index is 12.9. The highest BCUT2D eigenvalue weighted by Gasteiger charge is 2.14. The standard InChI is InChI=1S/C19H13N3O3/c23-16-9-4-1-6-13(16)12-20-22-18(17-10-5-11-25-17)21-15-8-3-2-7-14(15)19(22)24/h1-12,23H/b20-12-. The van der Waals surface area contributed by atoms with Crippen LogP contribution >= 0.6 is 0 Å². The molecule has 0 atom stereocenters. The third-order valence-corrected chi connectivity index (χ3v) is 3.74. The topological polar surface area (TPSA) is 80.6 Å². The molecule has 0 saturated carbocycles. The second-order valence-electron chi connectivity index (χ2n) is 5.35. The van der Waals surface area contributed by atoms with Crippen LogP contribution in [0.5, 0.6) is 5.75 Å². The number of fused-ring (bicyclic) bond motifs is 1. The summed E-state index contributed by atoms with van der Waals surface area (Å²) in [6.45, 7) is 0. The van der Waals surface area contributed by atoms with Crippen LogP contribution in [0, 0.1) is 0 Å². The second-order valence-corrected chi connectivity index (χ2v) is 5.35. The van der Waals surface area contributed by atoms with Gasteiger partial charge in [0.2, 0.25) is 5.82 Å². The molecule has 2 aromatic carbocycles. The molecule has 6 nitrogen and oxygen atoms in total. The lowest BCUT2D eigenvalue weighted by Crippen LogP contribution is -2.20. The number of phenols is 1. The minimum Gasteiger partial charge on any atom is -0.507 e. The summed E-state index contributed by atoms with van der Waals surface area (Å²) in [5.41, 5.74) is 0.740. The van der Waals surface area contributed by atoms with Crippen LogP contribution in [-0.4, -0.2) is 21.0 Å². The molecule has 4 aromatic rings. The van der Waals surface area contributed by atoms with Crippen LogP contribution in [0.1, 0.15) is 5.56 Å². The van der Waals surface area contributed by atoms with E-state index in [4.69, 9.17) is 4.42 Å². The highest BCUT2D eigenvalue weighted by atomic mass is 16.3. The SMILES string of the molecule is O=c1c2ccccc2nc(-c2ccco2)n1/N=C\c1ccccc1O. The average molecular weight is 331 g/mol. The monoisotopic (exact) mass is 331 g/mol. The summed E-state index contributed by atoms with van der Waals surface area (Å²) in [7, 11) is 0. The molecule has 122 valence electrons. The van der Waals surface area contributed by atoms with E-state index in [1.54, 1.807) is 54.6 Å². The van der Waals surface area contributed by atoms with Gasteiger partial charge in [0, 0.05) is 5.56 Å². The van der Waals surface area contributed by atoms with E-state index in [0.29, 0.717) is 28.1 Å². The summed E-state index contributed by atoms with van der Waals surface area (Å²) >= 11 is 0. The predicted molar refractivity (Wildman–Crippen MR) is 94.8 cm³/mol. The zero-order chi connectivity index (χ0) is 17.2. The molecule has 25 heavy (non-hydrogen) atoms. The first kappa shape index (κ1) is 14.9. The van der Waals surface area contributed by atoms with Crippen molar-refractivity contribution < 1.29 is 9.52 Å². The van der Waals surface area contributed by atoms with Crippen LogP contribution in [-0.2, 0) is 0 Å². The van der Waals surface area contributed by atoms with E-state index in [9.17, 15) is 9.90 Å². The first-order chi connectivity index (χ1) is 12.2. The Kier molecular flexibility index (Phi) is 3.63. The van der Waals surface area contributed by atoms with Gasteiger partial charge in [-0.05, 0) is 36.4 Å². The Balaban J connectivity index is 1.95. The second kappa shape index (κ2) is 6.09. The molecule has 0 spiro atoms. The van der Waals surface area contributed by atoms with Crippen molar-refractivity contribution in [1.82, 2.24) is 9.66 Å². The molecule has 1 N–H and O–H groups in total. The fourth-order valence-corrected chi connectivity index (χ4v) is 2.51. The van der Waals surface area contributed by atoms with Crippen LogP contribution in [0.4, 0.5) is 0 Å². The highest BCUT2D eigenvalue weighted by molar-refractivity contribution is 5.84. The first-order valence-corrected chi connectivity index (χ1v) is 7.62. The molecule has 0 fully saturated rings. The van der Waals surface area contributed by atoms with Crippen molar-refractivity contribution in [2.45, 2.75) is 0 Å². The van der Waals surface area contributed by atoms with Gasteiger partial charge in [0.1, 0.15) is 5.75 Å². The highest BCUT2D eigenvalue weighted by Crippen LogP contribution is 2.19. The zero-order valence-corrected chi connectivity index (χ0v) is 13.0. The van der Waals surface area contributed by atoms with Crippen LogP contribution < -0.4 is 5.56 Å². The zero-order valence-electron chi connectivity index (χ0n) is 13.0. The van der Waals surface area contributed by atoms with Crippen molar-refractivity contribution in [3.63, 3.8) is 0 Å². The molecular weight excluding hydrogens is 318 g/mol. The van der Waals surface area contributed by atoms with Gasteiger partial charge in [-0.15, -0.1) is 0 Å². The van der Waals surface area contributed by atoms with Gasteiger partial charge in [-0.25, -0.2) is 4.98 Å². The van der Waals surface area contributed by atoms with Gasteiger partial charge >= 0.3 is 0 Å². The molecule has 0 amide bonds. The fourth-order valence-electron chi connectivity index (χ4n) is 2.51.